The number of anilines is 2. The normalized spacial score (nSPS) is 14.7. The molecular weight excluding hydrogens is 494 g/mol. The van der Waals surface area contributed by atoms with Crippen molar-refractivity contribution in [1.29, 1.82) is 0 Å². The molecule has 0 radical (unpaired) electrons. The molecule has 202 valence electrons. The van der Waals surface area contributed by atoms with Gasteiger partial charge in [-0.1, -0.05) is 74.7 Å². The van der Waals surface area contributed by atoms with E-state index in [2.05, 4.69) is 30.5 Å². The molecule has 2 aromatic carbocycles. The predicted octanol–water partition coefficient (Wildman–Crippen LogP) is 7.28. The lowest BCUT2D eigenvalue weighted by Gasteiger charge is -2.29. The maximum atomic E-state index is 13.8. The van der Waals surface area contributed by atoms with E-state index in [1.54, 1.807) is 11.8 Å². The number of allylic oxidation sites excluding steroid dienone is 1. The summed E-state index contributed by atoms with van der Waals surface area (Å²) in [5.41, 5.74) is 5.31. The highest BCUT2D eigenvalue weighted by Crippen LogP contribution is 2.37. The maximum Gasteiger partial charge on any atom is 0.255 e. The number of nitrogens with one attached hydrogen (secondary N) is 2. The molecule has 0 saturated carbocycles. The van der Waals surface area contributed by atoms with Crippen LogP contribution in [0.1, 0.15) is 75.6 Å². The van der Waals surface area contributed by atoms with Gasteiger partial charge in [-0.15, -0.1) is 5.10 Å². The molecule has 1 aliphatic rings. The first-order chi connectivity index (χ1) is 18.4. The fourth-order valence-corrected chi connectivity index (χ4v) is 5.28. The van der Waals surface area contributed by atoms with E-state index in [1.807, 2.05) is 61.9 Å². The predicted molar refractivity (Wildman–Crippen MR) is 156 cm³/mol. The highest BCUT2D eigenvalue weighted by molar-refractivity contribution is 7.99. The van der Waals surface area contributed by atoms with Crippen molar-refractivity contribution in [3.63, 3.8) is 0 Å². The van der Waals surface area contributed by atoms with Gasteiger partial charge in [0.05, 0.1) is 12.2 Å². The van der Waals surface area contributed by atoms with Gasteiger partial charge in [-0.3, -0.25) is 4.79 Å². The zero-order valence-electron chi connectivity index (χ0n) is 23.1. The van der Waals surface area contributed by atoms with Crippen LogP contribution in [0.5, 0.6) is 5.75 Å². The van der Waals surface area contributed by atoms with Gasteiger partial charge in [0.25, 0.3) is 5.91 Å². The molecule has 1 aliphatic heterocycles. The largest absolute Gasteiger partial charge is 0.494 e. The molecule has 0 spiro atoms. The number of thioether (sulfide) groups is 1. The summed E-state index contributed by atoms with van der Waals surface area (Å²) < 4.78 is 7.80. The lowest BCUT2D eigenvalue weighted by atomic mass is 9.94. The van der Waals surface area contributed by atoms with Gasteiger partial charge < -0.3 is 15.4 Å². The lowest BCUT2D eigenvalue weighted by molar-refractivity contribution is -0.113. The Morgan fingerprint density at radius 3 is 2.55 bits per heavy atom. The topological polar surface area (TPSA) is 81.1 Å². The minimum Gasteiger partial charge on any atom is -0.494 e. The minimum atomic E-state index is -0.418. The minimum absolute atomic E-state index is 0.160. The number of rotatable bonds is 12. The number of nitrogens with zero attached hydrogens (tertiary/aromatic N) is 3. The van der Waals surface area contributed by atoms with E-state index in [9.17, 15) is 4.79 Å². The first-order valence-corrected chi connectivity index (χ1v) is 14.6. The number of carbonyl (C=O) groups is 1. The van der Waals surface area contributed by atoms with Crippen molar-refractivity contribution < 1.29 is 9.53 Å². The SMILES string of the molecule is CCCCCCOc1ccc(C2C(C(=O)Nc3ccc(C)cc3C)=C(C)Nc3nc(SCCC)nn32)cc1. The van der Waals surface area contributed by atoms with Gasteiger partial charge >= 0.3 is 0 Å². The summed E-state index contributed by atoms with van der Waals surface area (Å²) in [6.07, 6.45) is 5.71. The maximum absolute atomic E-state index is 13.8. The van der Waals surface area contributed by atoms with Crippen molar-refractivity contribution >= 4 is 29.3 Å². The smallest absolute Gasteiger partial charge is 0.255 e. The highest BCUT2D eigenvalue weighted by Gasteiger charge is 2.34. The number of carbonyl (C=O) groups excluding carboxylic acids is 1. The first kappa shape index (κ1) is 27.8. The summed E-state index contributed by atoms with van der Waals surface area (Å²) in [7, 11) is 0. The van der Waals surface area contributed by atoms with E-state index in [1.165, 1.54) is 19.3 Å². The summed E-state index contributed by atoms with van der Waals surface area (Å²) >= 11 is 1.62. The summed E-state index contributed by atoms with van der Waals surface area (Å²) in [4.78, 5) is 18.5. The number of ether oxygens (including phenoxy) is 1. The second-order valence-electron chi connectivity index (χ2n) is 9.83. The van der Waals surface area contributed by atoms with Crippen LogP contribution in [-0.4, -0.2) is 33.0 Å². The number of amides is 1. The zero-order valence-corrected chi connectivity index (χ0v) is 24.0. The monoisotopic (exact) mass is 533 g/mol. The standard InChI is InChI=1S/C30H39N5O2S/c1-6-8-9-10-17-37-24-14-12-23(13-15-24)27-26(28(36)32-25-16-11-20(3)19-21(25)4)22(5)31-29-33-30(34-35(27)29)38-18-7-2/h11-16,19,27H,6-10,17-18H2,1-5H3,(H,32,36)(H,31,33,34). The van der Waals surface area contributed by atoms with Gasteiger partial charge in [0, 0.05) is 17.1 Å². The third-order valence-electron chi connectivity index (χ3n) is 6.61. The van der Waals surface area contributed by atoms with Crippen LogP contribution in [0, 0.1) is 13.8 Å². The lowest BCUT2D eigenvalue weighted by Crippen LogP contribution is -2.31. The summed E-state index contributed by atoms with van der Waals surface area (Å²) in [6, 6.07) is 13.6. The van der Waals surface area contributed by atoms with Crippen molar-refractivity contribution in [2.75, 3.05) is 23.0 Å². The van der Waals surface area contributed by atoms with Crippen LogP contribution in [0.3, 0.4) is 0 Å². The molecule has 2 N–H and O–H groups in total. The Hall–Kier alpha value is -3.26. The van der Waals surface area contributed by atoms with E-state index in [-0.39, 0.29) is 5.91 Å². The fraction of sp³-hybridized carbons (Fsp3) is 0.433. The Labute approximate surface area is 230 Å². The Morgan fingerprint density at radius 2 is 1.84 bits per heavy atom. The Morgan fingerprint density at radius 1 is 1.05 bits per heavy atom. The second-order valence-corrected chi connectivity index (χ2v) is 10.9. The van der Waals surface area contributed by atoms with Crippen molar-refractivity contribution in [2.45, 2.75) is 77.9 Å². The van der Waals surface area contributed by atoms with Gasteiger partial charge in [-0.2, -0.15) is 4.98 Å². The Balaban J connectivity index is 1.63. The van der Waals surface area contributed by atoms with Gasteiger partial charge in [-0.05, 0) is 62.9 Å². The molecule has 1 atom stereocenters. The number of benzene rings is 2. The van der Waals surface area contributed by atoms with Gasteiger partial charge in [0.15, 0.2) is 0 Å². The molecule has 7 nitrogen and oxygen atoms in total. The van der Waals surface area contributed by atoms with Crippen LogP contribution in [0.2, 0.25) is 0 Å². The van der Waals surface area contributed by atoms with E-state index in [0.29, 0.717) is 23.3 Å². The number of hydrogen-bond donors (Lipinski definition) is 2. The number of hydrogen-bond acceptors (Lipinski definition) is 6. The fourth-order valence-electron chi connectivity index (χ4n) is 4.60. The van der Waals surface area contributed by atoms with E-state index >= 15 is 0 Å². The third kappa shape index (κ3) is 6.59. The third-order valence-corrected chi connectivity index (χ3v) is 7.65. The van der Waals surface area contributed by atoms with Crippen LogP contribution in [-0.2, 0) is 4.79 Å². The first-order valence-electron chi connectivity index (χ1n) is 13.6. The van der Waals surface area contributed by atoms with Crippen molar-refractivity contribution in [3.8, 4) is 5.75 Å². The number of aromatic nitrogens is 3. The number of unbranched alkanes of at least 4 members (excludes halogenated alkanes) is 3. The number of aryl methyl sites for hydroxylation is 2. The molecule has 0 aliphatic carbocycles. The van der Waals surface area contributed by atoms with Gasteiger partial charge in [-0.25, -0.2) is 4.68 Å². The van der Waals surface area contributed by atoms with Crippen LogP contribution in [0.25, 0.3) is 0 Å². The molecule has 4 rings (SSSR count). The molecule has 2 heterocycles. The molecule has 1 aromatic heterocycles. The average Bonchev–Trinajstić information content (AvgIpc) is 3.30. The molecule has 0 saturated heterocycles. The van der Waals surface area contributed by atoms with Crippen LogP contribution >= 0.6 is 11.8 Å². The van der Waals surface area contributed by atoms with E-state index in [0.717, 1.165) is 52.4 Å². The summed E-state index contributed by atoms with van der Waals surface area (Å²) in [5, 5.41) is 12.0. The Kier molecular flexibility index (Phi) is 9.50. The molecular formula is C30H39N5O2S. The van der Waals surface area contributed by atoms with Gasteiger partial charge in [0.2, 0.25) is 11.1 Å². The quantitative estimate of drug-likeness (QED) is 0.188. The summed E-state index contributed by atoms with van der Waals surface area (Å²) in [6.45, 7) is 11.0. The molecule has 38 heavy (non-hydrogen) atoms. The van der Waals surface area contributed by atoms with E-state index in [4.69, 9.17) is 14.8 Å². The average molecular weight is 534 g/mol. The zero-order chi connectivity index (χ0) is 27.1. The van der Waals surface area contributed by atoms with Crippen molar-refractivity contribution in [1.82, 2.24) is 14.8 Å². The van der Waals surface area contributed by atoms with Crippen LogP contribution < -0.4 is 15.4 Å². The molecule has 1 unspecified atom stereocenters. The van der Waals surface area contributed by atoms with Gasteiger partial charge in [0.1, 0.15) is 11.8 Å². The molecule has 0 fully saturated rings. The van der Waals surface area contributed by atoms with Crippen LogP contribution in [0.4, 0.5) is 11.6 Å². The summed E-state index contributed by atoms with van der Waals surface area (Å²) in [5.74, 6) is 2.25. The van der Waals surface area contributed by atoms with Crippen LogP contribution in [0.15, 0.2) is 58.9 Å². The number of fused-ring (bicyclic) bond motifs is 1. The Bertz CT molecular complexity index is 1280. The molecule has 8 heteroatoms. The van der Waals surface area contributed by atoms with E-state index < -0.39 is 6.04 Å². The van der Waals surface area contributed by atoms with Crippen molar-refractivity contribution in [3.05, 3.63) is 70.4 Å². The highest BCUT2D eigenvalue weighted by atomic mass is 32.2. The second kappa shape index (κ2) is 13.0. The van der Waals surface area contributed by atoms with Crippen molar-refractivity contribution in [2.24, 2.45) is 0 Å². The molecule has 1 amide bonds. The molecule has 3 aromatic rings. The molecule has 0 bridgehead atoms.